The summed E-state index contributed by atoms with van der Waals surface area (Å²) in [5.74, 6) is 0. The van der Waals surface area contributed by atoms with Crippen molar-refractivity contribution in [3.8, 4) is 0 Å². The third-order valence-corrected chi connectivity index (χ3v) is 6.40. The molecule has 11 heavy (non-hydrogen) atoms. The number of hydrogen-bond acceptors (Lipinski definition) is 0. The Labute approximate surface area is 79.9 Å². The Hall–Kier alpha value is 0.636. The van der Waals surface area contributed by atoms with E-state index in [-0.39, 0.29) is 17.4 Å². The van der Waals surface area contributed by atoms with Crippen LogP contribution in [0, 0.1) is 0 Å². The van der Waals surface area contributed by atoms with E-state index in [1.807, 2.05) is 0 Å². The molecular formula is C10H23Ga. The van der Waals surface area contributed by atoms with Crippen molar-refractivity contribution in [2.45, 2.75) is 62.3 Å². The molecule has 0 fully saturated rings. The van der Waals surface area contributed by atoms with Gasteiger partial charge in [-0.2, -0.15) is 0 Å². The van der Waals surface area contributed by atoms with Gasteiger partial charge in [0.1, 0.15) is 0 Å². The van der Waals surface area contributed by atoms with Crippen LogP contribution in [-0.4, -0.2) is 17.4 Å². The number of hydrogen-bond donors (Lipinski definition) is 0. The SMILES string of the molecule is CCCC[CH2][GaH][CH2]CCCC. The Morgan fingerprint density at radius 3 is 1.55 bits per heavy atom. The van der Waals surface area contributed by atoms with Crippen LogP contribution in [0.4, 0.5) is 0 Å². The van der Waals surface area contributed by atoms with E-state index in [0.717, 1.165) is 0 Å². The van der Waals surface area contributed by atoms with Crippen molar-refractivity contribution in [2.24, 2.45) is 0 Å². The van der Waals surface area contributed by atoms with Gasteiger partial charge in [-0.3, -0.25) is 0 Å². The number of rotatable bonds is 8. The second-order valence-electron chi connectivity index (χ2n) is 3.47. The minimum atomic E-state index is -0.0149. The van der Waals surface area contributed by atoms with E-state index in [1.165, 1.54) is 25.7 Å². The Balaban J connectivity index is 2.69. The van der Waals surface area contributed by atoms with Gasteiger partial charge in [-0.15, -0.1) is 0 Å². The van der Waals surface area contributed by atoms with Gasteiger partial charge in [0, 0.05) is 0 Å². The molecule has 0 spiro atoms. The molecule has 0 nitrogen and oxygen atoms in total. The second kappa shape index (κ2) is 10.6. The second-order valence-corrected chi connectivity index (χ2v) is 7.93. The van der Waals surface area contributed by atoms with Crippen molar-refractivity contribution in [1.82, 2.24) is 0 Å². The molecular weight excluding hydrogens is 190 g/mol. The van der Waals surface area contributed by atoms with Crippen molar-refractivity contribution in [2.75, 3.05) is 0 Å². The fourth-order valence-electron chi connectivity index (χ4n) is 1.38. The van der Waals surface area contributed by atoms with Gasteiger partial charge >= 0.3 is 79.7 Å². The molecule has 0 amide bonds. The van der Waals surface area contributed by atoms with E-state index in [9.17, 15) is 0 Å². The third kappa shape index (κ3) is 10.6. The van der Waals surface area contributed by atoms with Crippen LogP contribution >= 0.6 is 0 Å². The quantitative estimate of drug-likeness (QED) is 0.426. The molecule has 0 aromatic carbocycles. The first kappa shape index (κ1) is 11.6. The predicted octanol–water partition coefficient (Wildman–Crippen LogP) is 3.64. The molecule has 0 aromatic rings. The summed E-state index contributed by atoms with van der Waals surface area (Å²) in [4.78, 5) is 3.31. The maximum atomic E-state index is 2.30. The molecule has 0 aliphatic rings. The molecule has 0 N–H and O–H groups in total. The molecule has 0 radical (unpaired) electrons. The average molecular weight is 213 g/mol. The van der Waals surface area contributed by atoms with Gasteiger partial charge in [0.25, 0.3) is 0 Å². The molecule has 0 aromatic heterocycles. The molecule has 0 saturated heterocycles. The van der Waals surface area contributed by atoms with Gasteiger partial charge in [0.15, 0.2) is 0 Å². The Morgan fingerprint density at radius 1 is 0.727 bits per heavy atom. The summed E-state index contributed by atoms with van der Waals surface area (Å²) >= 11 is -0.0149. The first-order chi connectivity index (χ1) is 5.41. The molecule has 0 saturated carbocycles. The normalized spacial score (nSPS) is 10.0. The molecule has 0 bridgehead atoms. The zero-order chi connectivity index (χ0) is 8.36. The molecule has 0 aliphatic carbocycles. The fourth-order valence-corrected chi connectivity index (χ4v) is 5.09. The van der Waals surface area contributed by atoms with Crippen molar-refractivity contribution in [3.63, 3.8) is 0 Å². The van der Waals surface area contributed by atoms with Crippen molar-refractivity contribution >= 4 is 17.4 Å². The van der Waals surface area contributed by atoms with Crippen molar-refractivity contribution in [1.29, 1.82) is 0 Å². The van der Waals surface area contributed by atoms with E-state index in [2.05, 4.69) is 13.8 Å². The molecule has 66 valence electrons. The van der Waals surface area contributed by atoms with E-state index >= 15 is 0 Å². The Morgan fingerprint density at radius 2 is 1.18 bits per heavy atom. The summed E-state index contributed by atoms with van der Waals surface area (Å²) in [6, 6.07) is 0. The van der Waals surface area contributed by atoms with Crippen LogP contribution in [0.2, 0.25) is 9.95 Å². The van der Waals surface area contributed by atoms with Gasteiger partial charge < -0.3 is 0 Å². The third-order valence-electron chi connectivity index (χ3n) is 2.21. The molecule has 0 rings (SSSR count). The average Bonchev–Trinajstić information content (AvgIpc) is 2.03. The molecule has 0 aliphatic heterocycles. The molecule has 0 unspecified atom stereocenters. The van der Waals surface area contributed by atoms with Gasteiger partial charge in [-0.1, -0.05) is 0 Å². The van der Waals surface area contributed by atoms with Crippen molar-refractivity contribution in [3.05, 3.63) is 0 Å². The van der Waals surface area contributed by atoms with Crippen molar-refractivity contribution < 1.29 is 0 Å². The van der Waals surface area contributed by atoms with Crippen LogP contribution in [0.3, 0.4) is 0 Å². The van der Waals surface area contributed by atoms with Crippen LogP contribution in [0.15, 0.2) is 0 Å². The van der Waals surface area contributed by atoms with Crippen LogP contribution in [-0.2, 0) is 0 Å². The molecule has 0 atom stereocenters. The maximum absolute atomic E-state index is 2.30. The van der Waals surface area contributed by atoms with Crippen LogP contribution in [0.1, 0.15) is 52.4 Å². The fraction of sp³-hybridized carbons (Fsp3) is 1.00. The van der Waals surface area contributed by atoms with Gasteiger partial charge in [0.2, 0.25) is 0 Å². The van der Waals surface area contributed by atoms with Gasteiger partial charge in [0.05, 0.1) is 0 Å². The van der Waals surface area contributed by atoms with Crippen LogP contribution in [0.5, 0.6) is 0 Å². The first-order valence-corrected chi connectivity index (χ1v) is 9.61. The van der Waals surface area contributed by atoms with Crippen LogP contribution in [0.25, 0.3) is 0 Å². The Kier molecular flexibility index (Phi) is 11.3. The summed E-state index contributed by atoms with van der Waals surface area (Å²) in [5.41, 5.74) is 0. The predicted molar refractivity (Wildman–Crippen MR) is 55.8 cm³/mol. The van der Waals surface area contributed by atoms with Crippen LogP contribution < -0.4 is 0 Å². The zero-order valence-corrected chi connectivity index (χ0v) is 11.3. The number of unbranched alkanes of at least 4 members (excludes halogenated alkanes) is 4. The molecule has 0 heterocycles. The van der Waals surface area contributed by atoms with Gasteiger partial charge in [-0.05, 0) is 0 Å². The summed E-state index contributed by atoms with van der Waals surface area (Å²) in [5, 5.41) is 0. The summed E-state index contributed by atoms with van der Waals surface area (Å²) < 4.78 is 0. The Bertz CT molecular complexity index is 53.9. The standard InChI is InChI=1S/2C5H11.Ga.H/c2*1-3-5-4-2;;/h2*1,3-5H2,2H3;;. The van der Waals surface area contributed by atoms with E-state index < -0.39 is 0 Å². The topological polar surface area (TPSA) is 0 Å². The van der Waals surface area contributed by atoms with E-state index in [1.54, 1.807) is 22.8 Å². The zero-order valence-electron chi connectivity index (χ0n) is 8.36. The molecule has 1 heteroatoms. The summed E-state index contributed by atoms with van der Waals surface area (Å²) in [6.07, 6.45) is 8.86. The summed E-state index contributed by atoms with van der Waals surface area (Å²) in [7, 11) is 0. The monoisotopic (exact) mass is 212 g/mol. The van der Waals surface area contributed by atoms with E-state index in [4.69, 9.17) is 0 Å². The minimum absolute atomic E-state index is 0.0149. The summed E-state index contributed by atoms with van der Waals surface area (Å²) in [6.45, 7) is 4.59. The van der Waals surface area contributed by atoms with Gasteiger partial charge in [-0.25, -0.2) is 0 Å². The van der Waals surface area contributed by atoms with E-state index in [0.29, 0.717) is 0 Å². The first-order valence-electron chi connectivity index (χ1n) is 5.41.